The Kier molecular flexibility index (Phi) is 5.37. The topological polar surface area (TPSA) is 113 Å². The van der Waals surface area contributed by atoms with Crippen molar-refractivity contribution in [3.05, 3.63) is 35.7 Å². The first-order valence-corrected chi connectivity index (χ1v) is 9.53. The van der Waals surface area contributed by atoms with Crippen LogP contribution in [0, 0.1) is 17.2 Å². The van der Waals surface area contributed by atoms with Crippen molar-refractivity contribution >= 4 is 5.91 Å². The van der Waals surface area contributed by atoms with Crippen LogP contribution in [-0.4, -0.2) is 41.3 Å². The number of piperidine rings is 1. The second kappa shape index (κ2) is 8.09. The van der Waals surface area contributed by atoms with Crippen LogP contribution in [0.4, 0.5) is 0 Å². The van der Waals surface area contributed by atoms with E-state index >= 15 is 0 Å². The maximum Gasteiger partial charge on any atom is 0.252 e. The number of amides is 1. The molecule has 4 atom stereocenters. The predicted octanol–water partition coefficient (Wildman–Crippen LogP) is 1.57. The minimum Gasteiger partial charge on any atom is -0.375 e. The van der Waals surface area contributed by atoms with E-state index in [-0.39, 0.29) is 18.6 Å². The predicted molar refractivity (Wildman–Crippen MR) is 99.7 cm³/mol. The van der Waals surface area contributed by atoms with Gasteiger partial charge in [0.2, 0.25) is 11.7 Å². The van der Waals surface area contributed by atoms with E-state index in [1.807, 2.05) is 24.3 Å². The highest BCUT2D eigenvalue weighted by Crippen LogP contribution is 2.35. The van der Waals surface area contributed by atoms with Crippen molar-refractivity contribution in [2.75, 3.05) is 7.11 Å². The molecule has 1 aliphatic carbocycles. The van der Waals surface area contributed by atoms with Gasteiger partial charge in [0, 0.05) is 25.1 Å². The smallest absolute Gasteiger partial charge is 0.252 e. The molecule has 0 spiro atoms. The van der Waals surface area contributed by atoms with Gasteiger partial charge in [0.1, 0.15) is 12.6 Å². The standard InChI is InChI=1S/C20H23N5O3/c1-27-11-17-24-19(25-28-17)13-4-2-12(3-5-13)8-16(10-21)23-20(26)18-14-6-7-15(9-14)22-18/h2-5,14-16,18,22H,6-9,11H2,1H3,(H,23,26)/t14-,15+,16-,18-/m0/s1. The molecule has 2 N–H and O–H groups in total. The van der Waals surface area contributed by atoms with Gasteiger partial charge in [-0.1, -0.05) is 29.4 Å². The zero-order chi connectivity index (χ0) is 19.5. The Bertz CT molecular complexity index is 873. The number of carbonyl (C=O) groups is 1. The van der Waals surface area contributed by atoms with Crippen molar-refractivity contribution in [1.82, 2.24) is 20.8 Å². The summed E-state index contributed by atoms with van der Waals surface area (Å²) in [6.45, 7) is 0.270. The van der Waals surface area contributed by atoms with Gasteiger partial charge in [-0.15, -0.1) is 0 Å². The molecule has 4 rings (SSSR count). The molecule has 146 valence electrons. The molecular formula is C20H23N5O3. The number of benzene rings is 1. The highest BCUT2D eigenvalue weighted by Gasteiger charge is 2.43. The highest BCUT2D eigenvalue weighted by molar-refractivity contribution is 5.83. The summed E-state index contributed by atoms with van der Waals surface area (Å²) < 4.78 is 10.1. The monoisotopic (exact) mass is 381 g/mol. The van der Waals surface area contributed by atoms with Crippen LogP contribution in [-0.2, 0) is 22.6 Å². The van der Waals surface area contributed by atoms with Gasteiger partial charge >= 0.3 is 0 Å². The zero-order valence-corrected chi connectivity index (χ0v) is 15.7. The normalized spacial score (nSPS) is 24.1. The molecule has 0 unspecified atom stereocenters. The average Bonchev–Trinajstić information content (AvgIpc) is 3.45. The largest absolute Gasteiger partial charge is 0.375 e. The molecule has 8 heteroatoms. The van der Waals surface area contributed by atoms with Crippen molar-refractivity contribution in [3.8, 4) is 17.5 Å². The molecule has 2 heterocycles. The van der Waals surface area contributed by atoms with Crippen LogP contribution < -0.4 is 10.6 Å². The fraction of sp³-hybridized carbons (Fsp3) is 0.500. The summed E-state index contributed by atoms with van der Waals surface area (Å²) in [5, 5.41) is 19.7. The number of nitrogens with one attached hydrogen (secondary N) is 2. The lowest BCUT2D eigenvalue weighted by Crippen LogP contribution is -2.50. The van der Waals surface area contributed by atoms with Crippen LogP contribution in [0.5, 0.6) is 0 Å². The van der Waals surface area contributed by atoms with Gasteiger partial charge in [-0.3, -0.25) is 4.79 Å². The number of hydrogen-bond acceptors (Lipinski definition) is 7. The Morgan fingerprint density at radius 1 is 1.43 bits per heavy atom. The summed E-state index contributed by atoms with van der Waals surface area (Å²) in [7, 11) is 1.57. The SMILES string of the molecule is COCc1nc(-c2ccc(C[C@@H](C#N)NC(=O)[C@H]3N[C@@H]4CC[C@H]3C4)cc2)no1. The average molecular weight is 381 g/mol. The van der Waals surface area contributed by atoms with E-state index in [2.05, 4.69) is 26.8 Å². The number of aromatic nitrogens is 2. The Morgan fingerprint density at radius 2 is 2.25 bits per heavy atom. The Balaban J connectivity index is 1.35. The third kappa shape index (κ3) is 3.91. The van der Waals surface area contributed by atoms with E-state index in [0.29, 0.717) is 30.1 Å². The van der Waals surface area contributed by atoms with Crippen LogP contribution in [0.3, 0.4) is 0 Å². The summed E-state index contributed by atoms with van der Waals surface area (Å²) in [5.74, 6) is 1.25. The molecule has 2 aliphatic rings. The molecule has 2 aromatic rings. The lowest BCUT2D eigenvalue weighted by Gasteiger charge is -2.23. The summed E-state index contributed by atoms with van der Waals surface area (Å²) in [5.41, 5.74) is 1.77. The molecule has 1 aromatic carbocycles. The number of rotatable bonds is 7. The van der Waals surface area contributed by atoms with Gasteiger partial charge in [-0.05, 0) is 30.7 Å². The summed E-state index contributed by atoms with van der Waals surface area (Å²) in [4.78, 5) is 16.8. The van der Waals surface area contributed by atoms with Crippen LogP contribution in [0.2, 0.25) is 0 Å². The van der Waals surface area contributed by atoms with E-state index in [4.69, 9.17) is 9.26 Å². The summed E-state index contributed by atoms with van der Waals surface area (Å²) in [6, 6.07) is 9.53. The second-order valence-electron chi connectivity index (χ2n) is 7.45. The minimum absolute atomic E-state index is 0.0622. The van der Waals surface area contributed by atoms with E-state index in [1.54, 1.807) is 7.11 Å². The zero-order valence-electron chi connectivity index (χ0n) is 15.7. The van der Waals surface area contributed by atoms with E-state index in [9.17, 15) is 10.1 Å². The lowest BCUT2D eigenvalue weighted by molar-refractivity contribution is -0.124. The molecule has 2 bridgehead atoms. The molecule has 2 fully saturated rings. The van der Waals surface area contributed by atoms with Crippen molar-refractivity contribution in [2.24, 2.45) is 5.92 Å². The molecule has 1 saturated heterocycles. The first-order valence-electron chi connectivity index (χ1n) is 9.53. The first kappa shape index (κ1) is 18.6. The van der Waals surface area contributed by atoms with Gasteiger partial charge in [0.05, 0.1) is 12.1 Å². The van der Waals surface area contributed by atoms with Gasteiger partial charge in [-0.2, -0.15) is 10.2 Å². The molecular weight excluding hydrogens is 358 g/mol. The quantitative estimate of drug-likeness (QED) is 0.748. The number of hydrogen-bond donors (Lipinski definition) is 2. The van der Waals surface area contributed by atoms with Gasteiger partial charge in [0.25, 0.3) is 5.89 Å². The number of ether oxygens (including phenoxy) is 1. The van der Waals surface area contributed by atoms with Gasteiger partial charge < -0.3 is 19.9 Å². The third-order valence-corrected chi connectivity index (χ3v) is 5.50. The summed E-state index contributed by atoms with van der Waals surface area (Å²) >= 11 is 0. The first-order chi connectivity index (χ1) is 13.7. The number of nitriles is 1. The van der Waals surface area contributed by atoms with Crippen molar-refractivity contribution < 1.29 is 14.1 Å². The number of methoxy groups -OCH3 is 1. The van der Waals surface area contributed by atoms with Crippen molar-refractivity contribution in [3.63, 3.8) is 0 Å². The van der Waals surface area contributed by atoms with Gasteiger partial charge in [-0.25, -0.2) is 0 Å². The fourth-order valence-electron chi connectivity index (χ4n) is 4.12. The third-order valence-electron chi connectivity index (χ3n) is 5.50. The van der Waals surface area contributed by atoms with Crippen LogP contribution in [0.25, 0.3) is 11.4 Å². The molecule has 1 aliphatic heterocycles. The van der Waals surface area contributed by atoms with Gasteiger partial charge in [0.15, 0.2) is 0 Å². The Labute approximate surface area is 163 Å². The van der Waals surface area contributed by atoms with E-state index < -0.39 is 6.04 Å². The van der Waals surface area contributed by atoms with Crippen molar-refractivity contribution in [1.29, 1.82) is 5.26 Å². The lowest BCUT2D eigenvalue weighted by atomic mass is 9.98. The van der Waals surface area contributed by atoms with Crippen molar-refractivity contribution in [2.45, 2.75) is 50.4 Å². The second-order valence-corrected chi connectivity index (χ2v) is 7.45. The molecule has 1 saturated carbocycles. The van der Waals surface area contributed by atoms with E-state index in [1.165, 1.54) is 0 Å². The number of fused-ring (bicyclic) bond motifs is 2. The summed E-state index contributed by atoms with van der Waals surface area (Å²) in [6.07, 6.45) is 3.76. The number of nitrogens with zero attached hydrogens (tertiary/aromatic N) is 3. The maximum atomic E-state index is 12.5. The highest BCUT2D eigenvalue weighted by atomic mass is 16.5. The molecule has 1 aromatic heterocycles. The molecule has 8 nitrogen and oxygen atoms in total. The molecule has 1 amide bonds. The Morgan fingerprint density at radius 3 is 2.89 bits per heavy atom. The number of carbonyl (C=O) groups excluding carboxylic acids is 1. The van der Waals surface area contributed by atoms with Crippen LogP contribution >= 0.6 is 0 Å². The van der Waals surface area contributed by atoms with Crippen LogP contribution in [0.1, 0.15) is 30.7 Å². The minimum atomic E-state index is -0.558. The van der Waals surface area contributed by atoms with E-state index in [0.717, 1.165) is 30.4 Å². The maximum absolute atomic E-state index is 12.5. The van der Waals surface area contributed by atoms with Crippen LogP contribution in [0.15, 0.2) is 28.8 Å². The fourth-order valence-corrected chi connectivity index (χ4v) is 4.12. The Hall–Kier alpha value is -2.76. The molecule has 0 radical (unpaired) electrons. The molecule has 28 heavy (non-hydrogen) atoms.